The van der Waals surface area contributed by atoms with Gasteiger partial charge in [-0.25, -0.2) is 4.79 Å². The van der Waals surface area contributed by atoms with E-state index in [1.807, 2.05) is 6.92 Å². The molecule has 0 saturated heterocycles. The Balaban J connectivity index is 2.75. The lowest BCUT2D eigenvalue weighted by Gasteiger charge is -2.14. The van der Waals surface area contributed by atoms with Gasteiger partial charge in [0.15, 0.2) is 0 Å². The van der Waals surface area contributed by atoms with Crippen molar-refractivity contribution in [2.75, 3.05) is 18.5 Å². The van der Waals surface area contributed by atoms with Gasteiger partial charge >= 0.3 is 17.8 Å². The van der Waals surface area contributed by atoms with Crippen LogP contribution in [0.2, 0.25) is 0 Å². The molecule has 132 valence electrons. The molecule has 24 heavy (non-hydrogen) atoms. The van der Waals surface area contributed by atoms with E-state index < -0.39 is 23.8 Å². The number of para-hydroxylation sites is 1. The lowest BCUT2D eigenvalue weighted by atomic mass is 10.1. The Labute approximate surface area is 141 Å². The van der Waals surface area contributed by atoms with E-state index >= 15 is 0 Å². The molecule has 1 rings (SSSR count). The molecule has 0 aliphatic heterocycles. The average Bonchev–Trinajstić information content (AvgIpc) is 2.59. The molecule has 0 aliphatic carbocycles. The van der Waals surface area contributed by atoms with Gasteiger partial charge in [0.1, 0.15) is 0 Å². The molecule has 0 radical (unpaired) electrons. The first kappa shape index (κ1) is 19.6. The van der Waals surface area contributed by atoms with E-state index in [0.29, 0.717) is 13.0 Å². The predicted molar refractivity (Wildman–Crippen MR) is 89.6 cm³/mol. The topological polar surface area (TPSA) is 105 Å². The quantitative estimate of drug-likeness (QED) is 0.379. The number of aliphatic hydroxyl groups is 1. The molecule has 1 aromatic carbocycles. The molecule has 0 saturated carbocycles. The van der Waals surface area contributed by atoms with E-state index in [9.17, 15) is 14.4 Å². The molecule has 1 aromatic rings. The minimum absolute atomic E-state index is 0.184. The normalized spacial score (nSPS) is 11.5. The van der Waals surface area contributed by atoms with Crippen LogP contribution in [-0.4, -0.2) is 42.1 Å². The fourth-order valence-corrected chi connectivity index (χ4v) is 1.86. The van der Waals surface area contributed by atoms with Crippen molar-refractivity contribution in [2.24, 2.45) is 0 Å². The van der Waals surface area contributed by atoms with Gasteiger partial charge in [-0.1, -0.05) is 32.4 Å². The van der Waals surface area contributed by atoms with E-state index in [1.54, 1.807) is 19.1 Å². The molecule has 7 heteroatoms. The van der Waals surface area contributed by atoms with Crippen molar-refractivity contribution in [3.63, 3.8) is 0 Å². The second-order valence-corrected chi connectivity index (χ2v) is 5.25. The molecule has 1 unspecified atom stereocenters. The van der Waals surface area contributed by atoms with Crippen molar-refractivity contribution in [2.45, 2.75) is 39.2 Å². The third-order valence-corrected chi connectivity index (χ3v) is 3.38. The first-order chi connectivity index (χ1) is 11.5. The maximum atomic E-state index is 12.1. The van der Waals surface area contributed by atoms with Crippen molar-refractivity contribution >= 4 is 23.5 Å². The molecule has 0 aromatic heterocycles. The van der Waals surface area contributed by atoms with E-state index in [4.69, 9.17) is 9.84 Å². The van der Waals surface area contributed by atoms with Gasteiger partial charge in [0.2, 0.25) is 0 Å². The maximum absolute atomic E-state index is 12.1. The number of ether oxygens (including phenoxy) is 1. The van der Waals surface area contributed by atoms with Gasteiger partial charge in [0.25, 0.3) is 0 Å². The van der Waals surface area contributed by atoms with Gasteiger partial charge in [0.05, 0.1) is 30.5 Å². The highest BCUT2D eigenvalue weighted by Crippen LogP contribution is 2.16. The zero-order chi connectivity index (χ0) is 17.9. The van der Waals surface area contributed by atoms with Gasteiger partial charge in [-0.05, 0) is 25.0 Å². The van der Waals surface area contributed by atoms with Crippen LogP contribution >= 0.6 is 0 Å². The SMILES string of the molecule is CCCCOC(=O)c1ccccc1NC(=O)C(=O)NC(CC)CO. The summed E-state index contributed by atoms with van der Waals surface area (Å²) in [4.78, 5) is 35.8. The molecule has 2 amide bonds. The number of anilines is 1. The molecule has 0 spiro atoms. The van der Waals surface area contributed by atoms with Gasteiger partial charge in [-0.15, -0.1) is 0 Å². The minimum atomic E-state index is -0.907. The Kier molecular flexibility index (Phi) is 8.49. The van der Waals surface area contributed by atoms with E-state index in [0.717, 1.165) is 12.8 Å². The monoisotopic (exact) mass is 336 g/mol. The molecule has 0 bridgehead atoms. The fraction of sp³-hybridized carbons (Fsp3) is 0.471. The maximum Gasteiger partial charge on any atom is 0.340 e. The second-order valence-electron chi connectivity index (χ2n) is 5.25. The third-order valence-electron chi connectivity index (χ3n) is 3.38. The number of esters is 1. The highest BCUT2D eigenvalue weighted by molar-refractivity contribution is 6.40. The summed E-state index contributed by atoms with van der Waals surface area (Å²) in [6, 6.07) is 5.83. The number of carbonyl (C=O) groups is 3. The Bertz CT molecular complexity index is 570. The number of carbonyl (C=O) groups excluding carboxylic acids is 3. The van der Waals surface area contributed by atoms with Crippen LogP contribution in [0.4, 0.5) is 5.69 Å². The molecule has 3 N–H and O–H groups in total. The predicted octanol–water partition coefficient (Wildman–Crippen LogP) is 1.47. The number of aliphatic hydroxyl groups excluding tert-OH is 1. The molecule has 0 fully saturated rings. The summed E-state index contributed by atoms with van der Waals surface area (Å²) in [7, 11) is 0. The summed E-state index contributed by atoms with van der Waals surface area (Å²) in [5, 5.41) is 13.9. The molecule has 0 aliphatic rings. The first-order valence-electron chi connectivity index (χ1n) is 8.02. The number of rotatable bonds is 8. The van der Waals surface area contributed by atoms with E-state index in [-0.39, 0.29) is 17.9 Å². The Hall–Kier alpha value is -2.41. The highest BCUT2D eigenvalue weighted by Gasteiger charge is 2.20. The van der Waals surface area contributed by atoms with Crippen LogP contribution in [0.1, 0.15) is 43.5 Å². The standard InChI is InChI=1S/C17H24N2O5/c1-3-5-10-24-17(23)13-8-6-7-9-14(13)19-16(22)15(21)18-12(4-2)11-20/h6-9,12,20H,3-5,10-11H2,1-2H3,(H,18,21)(H,19,22). The number of hydrogen-bond donors (Lipinski definition) is 3. The number of nitrogens with one attached hydrogen (secondary N) is 2. The largest absolute Gasteiger partial charge is 0.462 e. The minimum Gasteiger partial charge on any atom is -0.462 e. The Morgan fingerprint density at radius 2 is 1.88 bits per heavy atom. The van der Waals surface area contributed by atoms with Crippen molar-refractivity contribution in [1.29, 1.82) is 0 Å². The van der Waals surface area contributed by atoms with Crippen molar-refractivity contribution in [1.82, 2.24) is 5.32 Å². The Morgan fingerprint density at radius 1 is 1.17 bits per heavy atom. The van der Waals surface area contributed by atoms with Gasteiger partial charge in [-0.2, -0.15) is 0 Å². The number of amides is 2. The van der Waals surface area contributed by atoms with Crippen LogP contribution in [0.15, 0.2) is 24.3 Å². The zero-order valence-electron chi connectivity index (χ0n) is 14.0. The van der Waals surface area contributed by atoms with Gasteiger partial charge in [0, 0.05) is 0 Å². The molecular weight excluding hydrogens is 312 g/mol. The summed E-state index contributed by atoms with van der Waals surface area (Å²) in [6.07, 6.45) is 2.15. The molecule has 1 atom stereocenters. The van der Waals surface area contributed by atoms with Gasteiger partial charge in [-0.3, -0.25) is 9.59 Å². The zero-order valence-corrected chi connectivity index (χ0v) is 14.0. The third kappa shape index (κ3) is 6.00. The summed E-state index contributed by atoms with van der Waals surface area (Å²) in [6.45, 7) is 3.81. The summed E-state index contributed by atoms with van der Waals surface area (Å²) >= 11 is 0. The van der Waals surface area contributed by atoms with E-state index in [1.165, 1.54) is 12.1 Å². The fourth-order valence-electron chi connectivity index (χ4n) is 1.86. The van der Waals surface area contributed by atoms with E-state index in [2.05, 4.69) is 10.6 Å². The van der Waals surface area contributed by atoms with Crippen LogP contribution in [0.25, 0.3) is 0 Å². The van der Waals surface area contributed by atoms with Gasteiger partial charge < -0.3 is 20.5 Å². The van der Waals surface area contributed by atoms with Crippen molar-refractivity contribution in [3.05, 3.63) is 29.8 Å². The van der Waals surface area contributed by atoms with Crippen LogP contribution in [-0.2, 0) is 14.3 Å². The smallest absolute Gasteiger partial charge is 0.340 e. The van der Waals surface area contributed by atoms with Crippen molar-refractivity contribution < 1.29 is 24.2 Å². The molecular formula is C17H24N2O5. The number of hydrogen-bond acceptors (Lipinski definition) is 5. The lowest BCUT2D eigenvalue weighted by molar-refractivity contribution is -0.136. The summed E-state index contributed by atoms with van der Waals surface area (Å²) in [5.41, 5.74) is 0.389. The molecule has 7 nitrogen and oxygen atoms in total. The average molecular weight is 336 g/mol. The van der Waals surface area contributed by atoms with Crippen molar-refractivity contribution in [3.8, 4) is 0 Å². The van der Waals surface area contributed by atoms with Crippen LogP contribution < -0.4 is 10.6 Å². The molecule has 0 heterocycles. The summed E-state index contributed by atoms with van der Waals surface area (Å²) < 4.78 is 5.13. The van der Waals surface area contributed by atoms with Crippen LogP contribution in [0.3, 0.4) is 0 Å². The van der Waals surface area contributed by atoms with Crippen LogP contribution in [0.5, 0.6) is 0 Å². The lowest BCUT2D eigenvalue weighted by Crippen LogP contribution is -2.43. The Morgan fingerprint density at radius 3 is 2.50 bits per heavy atom. The number of unbranched alkanes of at least 4 members (excludes halogenated alkanes) is 1. The highest BCUT2D eigenvalue weighted by atomic mass is 16.5. The first-order valence-corrected chi connectivity index (χ1v) is 8.02. The second kappa shape index (κ2) is 10.4. The number of benzene rings is 1. The van der Waals surface area contributed by atoms with Crippen LogP contribution in [0, 0.1) is 0 Å². The summed E-state index contributed by atoms with van der Waals surface area (Å²) in [5.74, 6) is -2.33.